The Morgan fingerprint density at radius 1 is 0.404 bits per heavy atom. The van der Waals surface area contributed by atoms with Crippen molar-refractivity contribution in [3.05, 3.63) is 0 Å². The number of phosphoric acid groups is 1. The molecule has 57 heteroatoms. The maximum Gasteiger partial charge on any atom is 0 e. The van der Waals surface area contributed by atoms with Gasteiger partial charge in [0.05, 0.1) is 0 Å². The molecular weight excluding hydrogens is 2980 g/mol. The largest absolute Gasteiger partial charge is 0 e. The second-order valence-electron chi connectivity index (χ2n) is 5.41. The first kappa shape index (κ1) is 91.3. The minimum Gasteiger partial charge on any atom is 0 e. The molecule has 0 radical (unpaired) electrons. The van der Waals surface area contributed by atoms with Crippen LogP contribution >= 0.6 is 7.82 Å². The third-order valence-electron chi connectivity index (χ3n) is 1.64. The summed E-state index contributed by atoms with van der Waals surface area (Å²) in [6.07, 6.45) is 0. The van der Waals surface area contributed by atoms with E-state index in [2.05, 4.69) is 20.4 Å². The third-order valence-corrected chi connectivity index (χ3v) is 110. The number of rotatable bonds is 2. The zero-order chi connectivity index (χ0) is 40.1. The summed E-state index contributed by atoms with van der Waals surface area (Å²) in [7, 11) is -5.39. The van der Waals surface area contributed by atoms with Crippen molar-refractivity contribution in [2.24, 2.45) is 0 Å². The van der Waals surface area contributed by atoms with E-state index in [1.807, 2.05) is 0 Å². The molecule has 0 aromatic heterocycles. The van der Waals surface area contributed by atoms with Gasteiger partial charge in [-0.25, -0.2) is 0 Å². The van der Waals surface area contributed by atoms with Crippen molar-refractivity contribution in [2.45, 2.75) is 0 Å². The molecule has 3 saturated heterocycles. The van der Waals surface area contributed by atoms with Crippen LogP contribution in [-0.2, 0) is 305 Å². The minimum absolute atomic E-state index is 0. The Labute approximate surface area is 580 Å². The van der Waals surface area contributed by atoms with Crippen molar-refractivity contribution in [1.82, 2.24) is 0 Å². The molecule has 0 aliphatic carbocycles. The maximum atomic E-state index is 10.4. The summed E-state index contributed by atoms with van der Waals surface area (Å²) < 4.78 is 276. The summed E-state index contributed by atoms with van der Waals surface area (Å²) in [5.41, 5.74) is 0. The van der Waals surface area contributed by atoms with Crippen LogP contribution in [0, 0.1) is 0 Å². The van der Waals surface area contributed by atoms with Gasteiger partial charge in [-0.1, -0.05) is 0 Å². The molecule has 3 fully saturated rings. The average molecular weight is 2980 g/mol. The zero-order valence-corrected chi connectivity index (χ0v) is 76.6. The van der Waals surface area contributed by atoms with Crippen LogP contribution in [0.2, 0.25) is 0 Å². The van der Waals surface area contributed by atoms with E-state index in [9.17, 15) is 78.5 Å². The van der Waals surface area contributed by atoms with E-state index in [1.54, 1.807) is 0 Å². The summed E-state index contributed by atoms with van der Waals surface area (Å²) in [4.78, 5) is 25.6. The first-order valence-corrected chi connectivity index (χ1v) is 60.9. The van der Waals surface area contributed by atoms with Gasteiger partial charge < -0.3 is 30.2 Å². The normalized spacial score (nSPS) is 22.2. The van der Waals surface area contributed by atoms with Gasteiger partial charge in [-0.3, -0.25) is 0 Å². The van der Waals surface area contributed by atoms with Crippen molar-refractivity contribution >= 4 is 7.82 Å². The molecule has 2 N–H and O–H groups in total. The van der Waals surface area contributed by atoms with Crippen molar-refractivity contribution in [3.8, 4) is 0 Å². The predicted octanol–water partition coefficient (Wildman–Crippen LogP) is -22.7. The summed E-state index contributed by atoms with van der Waals surface area (Å²) >= 11 is -67.0. The van der Waals surface area contributed by atoms with Gasteiger partial charge >= 0.3 is 541 Å². The molecule has 39 nitrogen and oxygen atoms in total. The molecule has 0 unspecified atom stereocenters. The number of hydrogen-bond acceptors (Lipinski definition) is 39. The van der Waals surface area contributed by atoms with Gasteiger partial charge in [0, 0.05) is 20.4 Å². The van der Waals surface area contributed by atoms with Crippen LogP contribution in [0.4, 0.5) is 0 Å². The molecule has 0 spiro atoms. The fourth-order valence-electron chi connectivity index (χ4n) is 1.09. The second-order valence-corrected chi connectivity index (χ2v) is 82.0. The molecule has 0 aromatic carbocycles. The Hall–Kier alpha value is 11.6. The Balaban J connectivity index is -0.0000000599. The molecular formula is H2K5O39PPdW11-. The van der Waals surface area contributed by atoms with Gasteiger partial charge in [-0.2, -0.15) is 7.82 Å². The average Bonchev–Trinajstić information content (AvgIpc) is 2.52. The van der Waals surface area contributed by atoms with Crippen LogP contribution in [0.25, 0.3) is 0 Å². The Bertz CT molecular complexity index is 1950. The number of hydrogen-bond donors (Lipinski definition) is 0. The summed E-state index contributed by atoms with van der Waals surface area (Å²) in [6.45, 7) is 0. The first-order valence-electron chi connectivity index (χ1n) is 7.90. The van der Waals surface area contributed by atoms with Crippen LogP contribution < -0.4 is 275 Å². The molecule has 3 aliphatic rings. The van der Waals surface area contributed by atoms with Gasteiger partial charge in [0.25, 0.3) is 0 Å². The Morgan fingerprint density at radius 2 is 0.491 bits per heavy atom. The van der Waals surface area contributed by atoms with E-state index in [-0.39, 0.29) is 288 Å². The molecule has 0 bridgehead atoms. The topological polar surface area (TPSA) is 637 Å². The van der Waals surface area contributed by atoms with Crippen LogP contribution in [0.3, 0.4) is 0 Å². The van der Waals surface area contributed by atoms with Gasteiger partial charge in [0.1, 0.15) is 0 Å². The SMILES string of the molecule is O=P([O-])([O-])[O-].[K+].[K+].[K+].[K+].[K+].[OH-].[OH-].[O]=[W](=[O])[O][W](=[O])(=[O])[O-].[O]=[W]1(=[O])[O][W](=[O])(=[O])[O][W](=[O])(=[O])[O]1.[O]=[W]1(=[O])[O][W](=[O])(=[O])[O][W](=[O])(=[O])[O]1.[O]=[W]1(=[O])[O][W](=[O])(=[O])[O][W](=[O])(=[O])[O]1.[Pd]. The van der Waals surface area contributed by atoms with Gasteiger partial charge in [0.2, 0.25) is 0 Å². The van der Waals surface area contributed by atoms with Crippen LogP contribution in [0.15, 0.2) is 0 Å². The van der Waals surface area contributed by atoms with Crippen molar-refractivity contribution in [2.75, 3.05) is 0 Å². The fourth-order valence-corrected chi connectivity index (χ4v) is 122. The third kappa shape index (κ3) is 58.4. The van der Waals surface area contributed by atoms with Crippen LogP contribution in [-0.4, -0.2) is 11.0 Å². The van der Waals surface area contributed by atoms with E-state index >= 15 is 0 Å². The fraction of sp³-hybridized carbons (Fsp3) is 0. The van der Waals surface area contributed by atoms with Gasteiger partial charge in [0.15, 0.2) is 0 Å². The summed E-state index contributed by atoms with van der Waals surface area (Å²) in [5, 5.41) is 0. The molecule has 0 saturated carbocycles. The standard InChI is InChI=1S/5K.H3O4P.2H2O.33O.Pd.11W/c;;;;;1-5(2,3)4;;;;;;;;;;;;;;;;;;;;;;;;;;;;;;;;;;;;;;;;;;;;;;;/h;;;;;(H3,1,2,3,4);2*1H2;;;;;;;;;;;;;;;;;;;;;;;;;;;;;;;;;;;;;;;;;;;;;/q5*+1;;;;;;;;;;;;;;;;;;;;;;;;;;;;;;;;;;;;-1;;;;;;;;;;;;/p-5. The van der Waals surface area contributed by atoms with Gasteiger partial charge in [-0.15, -0.1) is 0 Å². The van der Waals surface area contributed by atoms with E-state index < -0.39 is 193 Å². The quantitative estimate of drug-likeness (QED) is 0.183. The van der Waals surface area contributed by atoms with Crippen LogP contribution in [0.1, 0.15) is 0 Å². The van der Waals surface area contributed by atoms with Crippen LogP contribution in [0.5, 0.6) is 0 Å². The van der Waals surface area contributed by atoms with E-state index in [0.29, 0.717) is 0 Å². The van der Waals surface area contributed by atoms with Gasteiger partial charge in [-0.05, 0) is 0 Å². The zero-order valence-electron chi connectivity index (χ0n) is 26.3. The monoisotopic (exact) mass is 2980 g/mol. The molecule has 3 aliphatic heterocycles. The Morgan fingerprint density at radius 3 is 0.526 bits per heavy atom. The molecule has 3 heterocycles. The molecule has 57 heavy (non-hydrogen) atoms. The summed E-state index contributed by atoms with van der Waals surface area (Å²) in [5.74, 6) is 0. The van der Waals surface area contributed by atoms with E-state index in [4.69, 9.17) is 19.2 Å². The summed E-state index contributed by atoms with van der Waals surface area (Å²) in [6, 6.07) is 0. The van der Waals surface area contributed by atoms with E-state index in [0.717, 1.165) is 0 Å². The van der Waals surface area contributed by atoms with Crippen molar-refractivity contribution in [1.29, 1.82) is 0 Å². The van der Waals surface area contributed by atoms with Crippen molar-refractivity contribution < 1.29 is 592 Å². The molecule has 323 valence electrons. The van der Waals surface area contributed by atoms with Crippen molar-refractivity contribution in [3.63, 3.8) is 0 Å². The Kier molecular flexibility index (Phi) is 58.5. The minimum atomic E-state index is -6.26. The molecule has 0 aromatic rings. The van der Waals surface area contributed by atoms with E-state index in [1.165, 1.54) is 0 Å². The second kappa shape index (κ2) is 36.5. The molecule has 0 amide bonds. The molecule has 0 atom stereocenters. The predicted molar refractivity (Wildman–Crippen MR) is 37.4 cm³/mol. The first-order chi connectivity index (χ1) is 20.8. The maximum absolute atomic E-state index is 10.4. The smallest absolute Gasteiger partial charge is 0 e. The molecule has 3 rings (SSSR count).